The van der Waals surface area contributed by atoms with Crippen LogP contribution in [0.1, 0.15) is 5.82 Å². The Balaban J connectivity index is 2.49. The van der Waals surface area contributed by atoms with E-state index in [1.165, 1.54) is 0 Å². The van der Waals surface area contributed by atoms with Gasteiger partial charge in [-0.3, -0.25) is 0 Å². The molecule has 1 unspecified atom stereocenters. The molecule has 0 fully saturated rings. The van der Waals surface area contributed by atoms with E-state index in [4.69, 9.17) is 0 Å². The Kier molecular flexibility index (Phi) is 2.84. The fraction of sp³-hybridized carbons (Fsp3) is 0.500. The summed E-state index contributed by atoms with van der Waals surface area (Å²) in [6, 6.07) is 0. The topological polar surface area (TPSA) is 29.9 Å². The largest absolute Gasteiger partial charge is 0.319 e. The fourth-order valence-electron chi connectivity index (χ4n) is 0.774. The van der Waals surface area contributed by atoms with E-state index in [-0.39, 0.29) is 0 Å². The van der Waals surface area contributed by atoms with Crippen molar-refractivity contribution >= 4 is 9.39 Å². The van der Waals surface area contributed by atoms with Gasteiger partial charge in [0.25, 0.3) is 0 Å². The normalized spacial score (nSPS) is 10.2. The van der Waals surface area contributed by atoms with E-state index >= 15 is 0 Å². The third kappa shape index (κ3) is 1.79. The molecule has 1 aromatic rings. The van der Waals surface area contributed by atoms with Gasteiger partial charge in [-0.05, 0) is 16.4 Å². The van der Waals surface area contributed by atoms with Crippen LogP contribution in [0.25, 0.3) is 0 Å². The molecule has 0 aliphatic heterocycles. The number of hydrogen-bond donors (Lipinski definition) is 1. The van der Waals surface area contributed by atoms with Gasteiger partial charge >= 0.3 is 0 Å². The van der Waals surface area contributed by atoms with Crippen LogP contribution in [-0.2, 0) is 6.42 Å². The number of rotatable bonds is 3. The van der Waals surface area contributed by atoms with Gasteiger partial charge in [0.2, 0.25) is 0 Å². The van der Waals surface area contributed by atoms with Crippen molar-refractivity contribution in [2.24, 2.45) is 0 Å². The predicted octanol–water partition coefficient (Wildman–Crippen LogP) is 0.283. The van der Waals surface area contributed by atoms with E-state index in [2.05, 4.69) is 19.7 Å². The molecule has 4 heteroatoms. The Morgan fingerprint density at radius 1 is 1.80 bits per heavy atom. The van der Waals surface area contributed by atoms with Crippen LogP contribution in [0.15, 0.2) is 12.4 Å². The summed E-state index contributed by atoms with van der Waals surface area (Å²) >= 11 is 0. The molecule has 0 aliphatic rings. The fourth-order valence-corrected chi connectivity index (χ4v) is 1.05. The van der Waals surface area contributed by atoms with Gasteiger partial charge in [-0.25, -0.2) is 4.98 Å². The van der Waals surface area contributed by atoms with Crippen molar-refractivity contribution in [1.29, 1.82) is 0 Å². The third-order valence-corrected chi connectivity index (χ3v) is 1.82. The van der Waals surface area contributed by atoms with Crippen LogP contribution in [-0.4, -0.2) is 22.9 Å². The first-order valence-electron chi connectivity index (χ1n) is 3.26. The van der Waals surface area contributed by atoms with Crippen molar-refractivity contribution in [3.63, 3.8) is 0 Å². The maximum atomic E-state index is 4.16. The monoisotopic (exact) mass is 157 g/mol. The lowest BCUT2D eigenvalue weighted by molar-refractivity contribution is 0.758. The Morgan fingerprint density at radius 2 is 2.60 bits per heavy atom. The molecule has 1 atom stereocenters. The Bertz CT molecular complexity index is 197. The van der Waals surface area contributed by atoms with Gasteiger partial charge in [-0.15, -0.1) is 0 Å². The summed E-state index contributed by atoms with van der Waals surface area (Å²) in [5.74, 6) is 1.10. The minimum Gasteiger partial charge on any atom is -0.319 e. The van der Waals surface area contributed by atoms with Gasteiger partial charge in [0.05, 0.1) is 0 Å². The van der Waals surface area contributed by atoms with E-state index in [1.54, 1.807) is 6.20 Å². The number of imidazole rings is 1. The molecule has 3 nitrogen and oxygen atoms in total. The predicted molar refractivity (Wildman–Crippen MR) is 45.0 cm³/mol. The average molecular weight is 157 g/mol. The van der Waals surface area contributed by atoms with Gasteiger partial charge in [0, 0.05) is 25.4 Å². The highest BCUT2D eigenvalue weighted by atomic mass is 31.0. The van der Waals surface area contributed by atoms with Gasteiger partial charge in [0.15, 0.2) is 0 Å². The molecule has 0 aliphatic carbocycles. The summed E-state index contributed by atoms with van der Waals surface area (Å²) in [5.41, 5.74) is 0. The summed E-state index contributed by atoms with van der Waals surface area (Å²) in [4.78, 5) is 4.16. The van der Waals surface area contributed by atoms with Crippen LogP contribution >= 0.6 is 9.39 Å². The molecule has 1 N–H and O–H groups in total. The van der Waals surface area contributed by atoms with E-state index in [0.29, 0.717) is 0 Å². The molecule has 0 saturated heterocycles. The second-order valence-corrected chi connectivity index (χ2v) is 2.66. The number of nitrogens with zero attached hydrogens (tertiary/aromatic N) is 2. The van der Waals surface area contributed by atoms with E-state index in [9.17, 15) is 0 Å². The van der Waals surface area contributed by atoms with Crippen LogP contribution in [0, 0.1) is 0 Å². The maximum absolute atomic E-state index is 4.16. The maximum Gasteiger partial charge on any atom is 0.112 e. The van der Waals surface area contributed by atoms with Crippen LogP contribution in [0.4, 0.5) is 0 Å². The van der Waals surface area contributed by atoms with Gasteiger partial charge < -0.3 is 9.65 Å². The van der Waals surface area contributed by atoms with E-state index in [0.717, 1.165) is 18.8 Å². The molecule has 1 heterocycles. The second-order valence-electron chi connectivity index (χ2n) is 2.10. The highest BCUT2D eigenvalue weighted by Gasteiger charge is 1.95. The van der Waals surface area contributed by atoms with Crippen LogP contribution in [0.5, 0.6) is 0 Å². The van der Waals surface area contributed by atoms with Crippen LogP contribution < -0.4 is 5.32 Å². The SMILES string of the molecule is CNCCc1nccn1P. The molecule has 0 radical (unpaired) electrons. The molecule has 0 bridgehead atoms. The molecule has 0 spiro atoms. The van der Waals surface area contributed by atoms with Crippen molar-refractivity contribution in [3.05, 3.63) is 18.2 Å². The number of aromatic nitrogens is 2. The zero-order valence-corrected chi connectivity index (χ0v) is 7.20. The minimum atomic E-state index is 0.978. The molecular formula is C6H12N3P. The molecule has 56 valence electrons. The van der Waals surface area contributed by atoms with Crippen molar-refractivity contribution in [2.45, 2.75) is 6.42 Å². The molecule has 0 aromatic carbocycles. The zero-order valence-electron chi connectivity index (χ0n) is 6.04. The van der Waals surface area contributed by atoms with Crippen LogP contribution in [0.3, 0.4) is 0 Å². The summed E-state index contributed by atoms with van der Waals surface area (Å²) in [6.45, 7) is 0.978. The van der Waals surface area contributed by atoms with Crippen molar-refractivity contribution in [3.8, 4) is 0 Å². The average Bonchev–Trinajstić information content (AvgIpc) is 2.31. The number of likely N-dealkylation sites (N-methyl/N-ethyl adjacent to an activating group) is 1. The van der Waals surface area contributed by atoms with Gasteiger partial charge in [-0.2, -0.15) is 0 Å². The lowest BCUT2D eigenvalue weighted by Gasteiger charge is -1.98. The van der Waals surface area contributed by atoms with Crippen molar-refractivity contribution < 1.29 is 0 Å². The standard InChI is InChI=1S/C6H12N3P/c1-7-3-2-6-8-4-5-9(6)10/h4-5,7H,2-3,10H2,1H3. The van der Waals surface area contributed by atoms with Crippen molar-refractivity contribution in [2.75, 3.05) is 13.6 Å². The molecule has 1 aromatic heterocycles. The quantitative estimate of drug-likeness (QED) is 0.639. The minimum absolute atomic E-state index is 0.978. The number of hydrogen-bond acceptors (Lipinski definition) is 2. The molecule has 1 rings (SSSR count). The van der Waals surface area contributed by atoms with Crippen LogP contribution in [0.2, 0.25) is 0 Å². The smallest absolute Gasteiger partial charge is 0.112 e. The highest BCUT2D eigenvalue weighted by Crippen LogP contribution is 2.01. The summed E-state index contributed by atoms with van der Waals surface area (Å²) in [5, 5.41) is 3.07. The first-order valence-corrected chi connectivity index (χ1v) is 3.78. The van der Waals surface area contributed by atoms with E-state index < -0.39 is 0 Å². The van der Waals surface area contributed by atoms with Gasteiger partial charge in [0.1, 0.15) is 5.82 Å². The molecule has 0 saturated carbocycles. The molecule has 0 amide bonds. The summed E-state index contributed by atoms with van der Waals surface area (Å²) in [7, 11) is 4.54. The zero-order chi connectivity index (χ0) is 7.40. The first kappa shape index (κ1) is 7.70. The van der Waals surface area contributed by atoms with Gasteiger partial charge in [-0.1, -0.05) is 0 Å². The Hall–Kier alpha value is -0.400. The molecule has 10 heavy (non-hydrogen) atoms. The lowest BCUT2D eigenvalue weighted by Crippen LogP contribution is -2.11. The Labute approximate surface area is 63.1 Å². The lowest BCUT2D eigenvalue weighted by atomic mass is 10.4. The second kappa shape index (κ2) is 3.69. The Morgan fingerprint density at radius 3 is 3.10 bits per heavy atom. The van der Waals surface area contributed by atoms with Crippen molar-refractivity contribution in [1.82, 2.24) is 14.6 Å². The molecular weight excluding hydrogens is 145 g/mol. The number of nitrogens with one attached hydrogen (secondary N) is 1. The third-order valence-electron chi connectivity index (χ3n) is 1.35. The highest BCUT2D eigenvalue weighted by molar-refractivity contribution is 7.14. The summed E-state index contributed by atoms with van der Waals surface area (Å²) in [6.07, 6.45) is 4.71. The first-order chi connectivity index (χ1) is 4.84. The summed E-state index contributed by atoms with van der Waals surface area (Å²) < 4.78 is 1.96. The van der Waals surface area contributed by atoms with E-state index in [1.807, 2.05) is 17.6 Å².